The number of alkyl halides is 2. The second kappa shape index (κ2) is 8.09. The largest absolute Gasteiger partial charge is 0.390 e. The molecule has 2 heterocycles. The molecule has 1 aromatic rings. The van der Waals surface area contributed by atoms with Crippen molar-refractivity contribution >= 4 is 11.6 Å². The number of carbonyl (C=O) groups excluding carboxylic acids is 2. The maximum absolute atomic E-state index is 17.4. The van der Waals surface area contributed by atoms with Crippen molar-refractivity contribution in [3.63, 3.8) is 0 Å². The summed E-state index contributed by atoms with van der Waals surface area (Å²) >= 11 is 0. The fourth-order valence-corrected chi connectivity index (χ4v) is 8.73. The van der Waals surface area contributed by atoms with Gasteiger partial charge in [-0.15, -0.1) is 0 Å². The van der Waals surface area contributed by atoms with Crippen molar-refractivity contribution in [1.82, 2.24) is 10.0 Å². The summed E-state index contributed by atoms with van der Waals surface area (Å²) in [5.41, 5.74) is -5.24. The van der Waals surface area contributed by atoms with E-state index in [1.807, 2.05) is 19.1 Å². The molecule has 6 rings (SSSR count). The Morgan fingerprint density at radius 1 is 1.30 bits per heavy atom. The number of aliphatic hydroxyl groups is 2. The van der Waals surface area contributed by atoms with E-state index < -0.39 is 64.4 Å². The van der Waals surface area contributed by atoms with Gasteiger partial charge in [-0.25, -0.2) is 8.78 Å². The lowest BCUT2D eigenvalue weighted by Gasteiger charge is -2.63. The van der Waals surface area contributed by atoms with E-state index in [4.69, 9.17) is 4.84 Å². The van der Waals surface area contributed by atoms with E-state index in [0.29, 0.717) is 19.5 Å². The molecule has 5 aliphatic rings. The number of aliphatic hydroxyl groups excluding tert-OH is 2. The Balaban J connectivity index is 1.41. The van der Waals surface area contributed by atoms with Crippen LogP contribution >= 0.6 is 0 Å². The lowest BCUT2D eigenvalue weighted by molar-refractivity contribution is -0.269. The fourth-order valence-electron chi connectivity index (χ4n) is 8.73. The first-order chi connectivity index (χ1) is 17.5. The van der Waals surface area contributed by atoms with E-state index in [1.54, 1.807) is 24.4 Å². The third-order valence-electron chi connectivity index (χ3n) is 10.3. The molecule has 1 aromatic heterocycles. The van der Waals surface area contributed by atoms with Crippen molar-refractivity contribution < 1.29 is 33.4 Å². The molecule has 4 fully saturated rings. The number of fused-ring (bicyclic) bond motifs is 7. The van der Waals surface area contributed by atoms with Crippen LogP contribution in [0.5, 0.6) is 0 Å². The Hall–Kier alpha value is -2.33. The molecular weight excluding hydrogens is 482 g/mol. The zero-order valence-electron chi connectivity index (χ0n) is 20.9. The number of rotatable bonds is 4. The van der Waals surface area contributed by atoms with Gasteiger partial charge in [0.05, 0.1) is 12.6 Å². The van der Waals surface area contributed by atoms with Gasteiger partial charge in [-0.2, -0.15) is 5.06 Å². The van der Waals surface area contributed by atoms with Crippen LogP contribution in [-0.2, 0) is 21.0 Å². The highest BCUT2D eigenvalue weighted by Gasteiger charge is 2.79. The van der Waals surface area contributed by atoms with Crippen molar-refractivity contribution in [1.29, 1.82) is 0 Å². The van der Waals surface area contributed by atoms with Crippen LogP contribution in [0.1, 0.15) is 38.7 Å². The number of pyridine rings is 1. The maximum Gasteiger partial charge on any atom is 0.192 e. The third kappa shape index (κ3) is 3.02. The highest BCUT2D eigenvalue weighted by atomic mass is 19.1. The molecule has 1 aliphatic heterocycles. The van der Waals surface area contributed by atoms with Crippen molar-refractivity contribution in [3.05, 3.63) is 53.9 Å². The number of aromatic nitrogens is 1. The van der Waals surface area contributed by atoms with E-state index >= 15 is 8.78 Å². The predicted octanol–water partition coefficient (Wildman–Crippen LogP) is 2.67. The second-order valence-electron chi connectivity index (χ2n) is 11.9. The topological polar surface area (TPSA) is 100.0 Å². The minimum atomic E-state index is -2.22. The van der Waals surface area contributed by atoms with E-state index in [1.165, 1.54) is 18.2 Å². The molecule has 0 amide bonds. The summed E-state index contributed by atoms with van der Waals surface area (Å²) in [6.07, 6.45) is 4.25. The molecule has 9 atom stereocenters. The Bertz CT molecular complexity index is 1210. The van der Waals surface area contributed by atoms with Crippen LogP contribution in [0.4, 0.5) is 8.78 Å². The zero-order chi connectivity index (χ0) is 26.4. The average Bonchev–Trinajstić information content (AvgIpc) is 3.34. The third-order valence-corrected chi connectivity index (χ3v) is 10.3. The molecule has 37 heavy (non-hydrogen) atoms. The first-order valence-corrected chi connectivity index (χ1v) is 12.9. The number of ketones is 2. The molecule has 4 aliphatic carbocycles. The summed E-state index contributed by atoms with van der Waals surface area (Å²) in [7, 11) is 0. The molecular formula is C28H32F2N2O5. The lowest BCUT2D eigenvalue weighted by atomic mass is 9.44. The Labute approximate surface area is 214 Å². The number of hydrogen-bond donors (Lipinski definition) is 2. The normalized spacial score (nSPS) is 46.6. The van der Waals surface area contributed by atoms with Crippen LogP contribution in [0.15, 0.2) is 48.3 Å². The highest BCUT2D eigenvalue weighted by Crippen LogP contribution is 2.72. The molecule has 1 saturated heterocycles. The van der Waals surface area contributed by atoms with Gasteiger partial charge in [-0.1, -0.05) is 19.1 Å². The SMILES string of the molecule is C[C@]12C=CC(=O)C=C1[C@@H](F)C[C@H]1[C@@H]3C[C@H]4CN(Cc5cccnc5)O[C@@]4(C(=O)CO)[C@@]3(C)C[C@H](O)[C@@]12F. The van der Waals surface area contributed by atoms with Crippen LogP contribution in [0.25, 0.3) is 0 Å². The molecule has 198 valence electrons. The molecule has 9 heteroatoms. The molecule has 3 saturated carbocycles. The van der Waals surface area contributed by atoms with Crippen LogP contribution in [-0.4, -0.2) is 68.5 Å². The van der Waals surface area contributed by atoms with E-state index in [-0.39, 0.29) is 24.3 Å². The van der Waals surface area contributed by atoms with Gasteiger partial charge in [-0.05, 0) is 61.5 Å². The van der Waals surface area contributed by atoms with Gasteiger partial charge < -0.3 is 10.2 Å². The maximum atomic E-state index is 17.4. The number of nitrogens with zero attached hydrogens (tertiary/aromatic N) is 2. The number of carbonyl (C=O) groups is 2. The van der Waals surface area contributed by atoms with E-state index in [0.717, 1.165) is 5.56 Å². The number of halogens is 2. The number of hydroxylamine groups is 2. The molecule has 0 radical (unpaired) electrons. The number of Topliss-reactive ketones (excluding diaryl/α,β-unsaturated/α-hetero) is 1. The monoisotopic (exact) mass is 514 g/mol. The summed E-state index contributed by atoms with van der Waals surface area (Å²) in [6, 6.07) is 3.71. The Kier molecular flexibility index (Phi) is 5.46. The van der Waals surface area contributed by atoms with Gasteiger partial charge in [0, 0.05) is 41.6 Å². The first kappa shape index (κ1) is 25.0. The zero-order valence-corrected chi connectivity index (χ0v) is 20.9. The standard InChI is InChI=1S/C28H32F2N2O5/c1-25-6-5-18(34)9-21(25)22(29)10-20-19-8-17-14-32(13-16-4-3-7-31-12-16)37-28(17,24(36)15-33)26(19,2)11-23(35)27(20,25)30/h3-7,9,12,17,19-20,22-23,33,35H,8,10-11,13-15H2,1-2H3/t17-,19-,20-,22-,23-,25-,26-,27-,28-/m0/s1. The van der Waals surface area contributed by atoms with Gasteiger partial charge in [0.2, 0.25) is 0 Å². The Morgan fingerprint density at radius 2 is 2.08 bits per heavy atom. The highest BCUT2D eigenvalue weighted by molar-refractivity contribution is 6.01. The van der Waals surface area contributed by atoms with Gasteiger partial charge in [0.15, 0.2) is 22.8 Å². The van der Waals surface area contributed by atoms with Crippen molar-refractivity contribution in [2.75, 3.05) is 13.2 Å². The summed E-state index contributed by atoms with van der Waals surface area (Å²) in [4.78, 5) is 36.1. The predicted molar refractivity (Wildman–Crippen MR) is 128 cm³/mol. The van der Waals surface area contributed by atoms with E-state index in [2.05, 4.69) is 4.98 Å². The minimum Gasteiger partial charge on any atom is -0.390 e. The number of hydrogen-bond acceptors (Lipinski definition) is 7. The van der Waals surface area contributed by atoms with Crippen molar-refractivity contribution in [2.24, 2.45) is 28.6 Å². The lowest BCUT2D eigenvalue weighted by Crippen LogP contribution is -2.70. The smallest absolute Gasteiger partial charge is 0.192 e. The first-order valence-electron chi connectivity index (χ1n) is 12.9. The average molecular weight is 515 g/mol. The summed E-state index contributed by atoms with van der Waals surface area (Å²) in [5.74, 6) is -2.63. The minimum absolute atomic E-state index is 0.0691. The summed E-state index contributed by atoms with van der Waals surface area (Å²) in [6.45, 7) is 3.39. The van der Waals surface area contributed by atoms with Gasteiger partial charge in [0.1, 0.15) is 12.8 Å². The molecule has 2 N–H and O–H groups in total. The second-order valence-corrected chi connectivity index (χ2v) is 11.9. The number of allylic oxidation sites excluding steroid dienone is 4. The molecule has 0 spiro atoms. The quantitative estimate of drug-likeness (QED) is 0.637. The van der Waals surface area contributed by atoms with Crippen LogP contribution in [0.2, 0.25) is 0 Å². The fraction of sp³-hybridized carbons (Fsp3) is 0.607. The molecule has 0 unspecified atom stereocenters. The molecule has 7 nitrogen and oxygen atoms in total. The van der Waals surface area contributed by atoms with Crippen LogP contribution in [0.3, 0.4) is 0 Å². The summed E-state index contributed by atoms with van der Waals surface area (Å²) < 4.78 is 33.0. The van der Waals surface area contributed by atoms with Gasteiger partial charge in [-0.3, -0.25) is 19.4 Å². The van der Waals surface area contributed by atoms with Crippen LogP contribution in [0, 0.1) is 28.6 Å². The molecule has 0 aromatic carbocycles. The van der Waals surface area contributed by atoms with Gasteiger partial charge >= 0.3 is 0 Å². The van der Waals surface area contributed by atoms with Crippen molar-refractivity contribution in [2.45, 2.75) is 63.2 Å². The van der Waals surface area contributed by atoms with E-state index in [9.17, 15) is 19.8 Å². The van der Waals surface area contributed by atoms with Crippen molar-refractivity contribution in [3.8, 4) is 0 Å². The summed E-state index contributed by atoms with van der Waals surface area (Å²) in [5, 5.41) is 23.2. The Morgan fingerprint density at radius 3 is 2.78 bits per heavy atom. The molecule has 0 bridgehead atoms. The van der Waals surface area contributed by atoms with Crippen LogP contribution < -0.4 is 0 Å². The van der Waals surface area contributed by atoms with Gasteiger partial charge in [0.25, 0.3) is 0 Å².